The average Bonchev–Trinajstić information content (AvgIpc) is 3.42. The minimum absolute atomic E-state index is 0.199. The van der Waals surface area contributed by atoms with Gasteiger partial charge in [-0.15, -0.1) is 0 Å². The lowest BCUT2D eigenvalue weighted by molar-refractivity contribution is -0.125. The highest BCUT2D eigenvalue weighted by molar-refractivity contribution is 6.07. The van der Waals surface area contributed by atoms with Crippen LogP contribution in [0.25, 0.3) is 22.9 Å². The van der Waals surface area contributed by atoms with Crippen molar-refractivity contribution < 1.29 is 14.3 Å². The summed E-state index contributed by atoms with van der Waals surface area (Å²) >= 11 is 0. The number of aromatic nitrogens is 2. The zero-order valence-electron chi connectivity index (χ0n) is 19.4. The first-order valence-electron chi connectivity index (χ1n) is 11.2. The molecule has 5 rings (SSSR count). The van der Waals surface area contributed by atoms with Crippen LogP contribution in [-0.4, -0.2) is 35.5 Å². The first-order valence-corrected chi connectivity index (χ1v) is 11.2. The van der Waals surface area contributed by atoms with E-state index in [0.29, 0.717) is 5.75 Å². The van der Waals surface area contributed by atoms with Gasteiger partial charge >= 0.3 is 0 Å². The Morgan fingerprint density at radius 3 is 2.57 bits per heavy atom. The quantitative estimate of drug-likeness (QED) is 0.445. The van der Waals surface area contributed by atoms with Gasteiger partial charge in [0.25, 0.3) is 5.91 Å². The van der Waals surface area contributed by atoms with Gasteiger partial charge in [-0.05, 0) is 41.0 Å². The number of rotatable bonds is 5. The summed E-state index contributed by atoms with van der Waals surface area (Å²) in [7, 11) is 3.33. The van der Waals surface area contributed by atoms with Gasteiger partial charge in [0.15, 0.2) is 0 Å². The lowest BCUT2D eigenvalue weighted by atomic mass is 9.95. The molecule has 0 aliphatic carbocycles. The normalized spacial score (nSPS) is 14.9. The molecule has 2 heterocycles. The molecule has 3 aromatic carbocycles. The second-order valence-corrected chi connectivity index (χ2v) is 8.18. The molecule has 1 aromatic heterocycles. The zero-order chi connectivity index (χ0) is 24.4. The highest BCUT2D eigenvalue weighted by Gasteiger charge is 2.32. The van der Waals surface area contributed by atoms with Gasteiger partial charge in [-0.3, -0.25) is 9.59 Å². The summed E-state index contributed by atoms with van der Waals surface area (Å²) in [5.41, 5.74) is 5.09. The van der Waals surface area contributed by atoms with Gasteiger partial charge in [0.1, 0.15) is 11.8 Å². The van der Waals surface area contributed by atoms with Crippen molar-refractivity contribution in [1.29, 1.82) is 0 Å². The van der Waals surface area contributed by atoms with Crippen LogP contribution < -0.4 is 15.0 Å². The molecule has 2 amide bonds. The lowest BCUT2D eigenvalue weighted by Crippen LogP contribution is -2.40. The van der Waals surface area contributed by atoms with E-state index in [1.807, 2.05) is 77.5 Å². The number of benzene rings is 3. The SMILES string of the molecule is COc1cc(/C=C/C(=O)NC2C(=O)N(C)c3ccccc3-c3ccccc32)ccc1-n1ccnc1. The number of nitrogens with zero attached hydrogens (tertiary/aromatic N) is 3. The van der Waals surface area contributed by atoms with Gasteiger partial charge in [-0.25, -0.2) is 4.98 Å². The van der Waals surface area contributed by atoms with Crippen molar-refractivity contribution in [1.82, 2.24) is 14.9 Å². The molecule has 35 heavy (non-hydrogen) atoms. The molecule has 0 radical (unpaired) electrons. The smallest absolute Gasteiger partial charge is 0.254 e. The Kier molecular flexibility index (Phi) is 5.89. The van der Waals surface area contributed by atoms with Gasteiger partial charge in [-0.1, -0.05) is 48.5 Å². The van der Waals surface area contributed by atoms with E-state index in [1.54, 1.807) is 37.7 Å². The van der Waals surface area contributed by atoms with Crippen molar-refractivity contribution in [3.63, 3.8) is 0 Å². The Bertz CT molecular complexity index is 1430. The van der Waals surface area contributed by atoms with E-state index < -0.39 is 6.04 Å². The van der Waals surface area contributed by atoms with Crippen molar-refractivity contribution in [2.75, 3.05) is 19.1 Å². The highest BCUT2D eigenvalue weighted by atomic mass is 16.5. The molecular weight excluding hydrogens is 440 g/mol. The summed E-state index contributed by atoms with van der Waals surface area (Å²) in [6.45, 7) is 0. The molecule has 1 aliphatic heterocycles. The van der Waals surface area contributed by atoms with Crippen LogP contribution in [0.4, 0.5) is 5.69 Å². The van der Waals surface area contributed by atoms with E-state index in [1.165, 1.54) is 6.08 Å². The number of likely N-dealkylation sites (N-methyl/N-ethyl adjacent to an activating group) is 1. The second kappa shape index (κ2) is 9.30. The number of methoxy groups -OCH3 is 1. The summed E-state index contributed by atoms with van der Waals surface area (Å²) in [5.74, 6) is 0.0866. The number of amides is 2. The van der Waals surface area contributed by atoms with Crippen LogP contribution in [0.5, 0.6) is 5.75 Å². The Morgan fingerprint density at radius 1 is 1.03 bits per heavy atom. The van der Waals surface area contributed by atoms with Crippen molar-refractivity contribution in [3.8, 4) is 22.6 Å². The van der Waals surface area contributed by atoms with Gasteiger partial charge in [-0.2, -0.15) is 0 Å². The number of imidazole rings is 1. The Morgan fingerprint density at radius 2 is 1.80 bits per heavy atom. The minimum atomic E-state index is -0.807. The van der Waals surface area contributed by atoms with E-state index in [2.05, 4.69) is 10.3 Å². The molecule has 4 aromatic rings. The number of carbonyl (C=O) groups excluding carboxylic acids is 2. The summed E-state index contributed by atoms with van der Waals surface area (Å²) in [4.78, 5) is 32.0. The average molecular weight is 465 g/mol. The minimum Gasteiger partial charge on any atom is -0.495 e. The van der Waals surface area contributed by atoms with E-state index >= 15 is 0 Å². The standard InChI is InChI=1S/C28H24N4O3/c1-31-23-10-6-5-8-21(23)20-7-3-4-9-22(20)27(28(31)34)30-26(33)14-12-19-11-13-24(25(17-19)35-2)32-16-15-29-18-32/h3-18,27H,1-2H3,(H,30,33)/b14-12+. The van der Waals surface area contributed by atoms with Crippen LogP contribution in [0, 0.1) is 0 Å². The van der Waals surface area contributed by atoms with Gasteiger partial charge in [0, 0.05) is 31.1 Å². The molecular formula is C28H24N4O3. The first-order chi connectivity index (χ1) is 17.1. The van der Waals surface area contributed by atoms with Crippen LogP contribution in [0.3, 0.4) is 0 Å². The van der Waals surface area contributed by atoms with Crippen LogP contribution in [0.2, 0.25) is 0 Å². The highest BCUT2D eigenvalue weighted by Crippen LogP contribution is 2.39. The van der Waals surface area contributed by atoms with Gasteiger partial charge in [0.2, 0.25) is 5.91 Å². The number of ether oxygens (including phenoxy) is 1. The summed E-state index contributed by atoms with van der Waals surface area (Å²) in [5, 5.41) is 2.90. The number of carbonyl (C=O) groups is 2. The fourth-order valence-corrected chi connectivity index (χ4v) is 4.35. The largest absolute Gasteiger partial charge is 0.495 e. The molecule has 0 bridgehead atoms. The topological polar surface area (TPSA) is 76.5 Å². The molecule has 1 N–H and O–H groups in total. The number of hydrogen-bond donors (Lipinski definition) is 1. The molecule has 1 aliphatic rings. The number of fused-ring (bicyclic) bond motifs is 3. The van der Waals surface area contributed by atoms with E-state index in [-0.39, 0.29) is 11.8 Å². The molecule has 0 saturated heterocycles. The summed E-state index contributed by atoms with van der Waals surface area (Å²) in [6, 6.07) is 20.2. The Hall–Kier alpha value is -4.65. The van der Waals surface area contributed by atoms with Crippen molar-refractivity contribution >= 4 is 23.6 Å². The van der Waals surface area contributed by atoms with Crippen LogP contribution in [-0.2, 0) is 9.59 Å². The monoisotopic (exact) mass is 464 g/mol. The maximum Gasteiger partial charge on any atom is 0.254 e. The second-order valence-electron chi connectivity index (χ2n) is 8.18. The lowest BCUT2D eigenvalue weighted by Gasteiger charge is -2.22. The third-order valence-electron chi connectivity index (χ3n) is 6.11. The van der Waals surface area contributed by atoms with Crippen LogP contribution >= 0.6 is 0 Å². The fraction of sp³-hybridized carbons (Fsp3) is 0.107. The van der Waals surface area contributed by atoms with Crippen molar-refractivity contribution in [3.05, 3.63) is 103 Å². The molecule has 0 saturated carbocycles. The third kappa shape index (κ3) is 4.19. The molecule has 7 heteroatoms. The van der Waals surface area contributed by atoms with Crippen LogP contribution in [0.1, 0.15) is 17.2 Å². The Labute approximate surface area is 203 Å². The molecule has 0 spiro atoms. The molecule has 174 valence electrons. The van der Waals surface area contributed by atoms with Gasteiger partial charge < -0.3 is 19.5 Å². The summed E-state index contributed by atoms with van der Waals surface area (Å²) in [6.07, 6.45) is 8.34. The van der Waals surface area contributed by atoms with E-state index in [4.69, 9.17) is 4.74 Å². The molecule has 1 atom stereocenters. The number of para-hydroxylation sites is 1. The molecule has 7 nitrogen and oxygen atoms in total. The van der Waals surface area contributed by atoms with E-state index in [9.17, 15) is 9.59 Å². The zero-order valence-corrected chi connectivity index (χ0v) is 19.4. The van der Waals surface area contributed by atoms with Crippen molar-refractivity contribution in [2.24, 2.45) is 0 Å². The maximum atomic E-state index is 13.4. The molecule has 0 fully saturated rings. The Balaban J connectivity index is 1.41. The van der Waals surface area contributed by atoms with Crippen LogP contribution in [0.15, 0.2) is 91.5 Å². The van der Waals surface area contributed by atoms with E-state index in [0.717, 1.165) is 33.6 Å². The predicted octanol–water partition coefficient (Wildman–Crippen LogP) is 4.40. The number of nitrogens with one attached hydrogen (secondary N) is 1. The summed E-state index contributed by atoms with van der Waals surface area (Å²) < 4.78 is 7.36. The van der Waals surface area contributed by atoms with Crippen molar-refractivity contribution in [2.45, 2.75) is 6.04 Å². The third-order valence-corrected chi connectivity index (χ3v) is 6.11. The van der Waals surface area contributed by atoms with Gasteiger partial charge in [0.05, 0.1) is 24.8 Å². The predicted molar refractivity (Wildman–Crippen MR) is 135 cm³/mol. The number of anilines is 1. The fourth-order valence-electron chi connectivity index (χ4n) is 4.35. The maximum absolute atomic E-state index is 13.4. The number of hydrogen-bond acceptors (Lipinski definition) is 4. The molecule has 1 unspecified atom stereocenters. The first kappa shape index (κ1) is 22.2.